The topological polar surface area (TPSA) is 12.4 Å². The van der Waals surface area contributed by atoms with Gasteiger partial charge in [-0.25, -0.2) is 0 Å². The molecule has 30 heavy (non-hydrogen) atoms. The Labute approximate surface area is 183 Å². The summed E-state index contributed by atoms with van der Waals surface area (Å²) in [6.07, 6.45) is 16.5. The third-order valence-electron chi connectivity index (χ3n) is 6.49. The standard InChI is InChI=1S/C20H20.C8H7NS/c1-2-14-13-20-17-9-4-3-7-15(17)11-12-19(20)18-10-6-5-8-16(14)18;1-4-9-5-2-8-7(1)3-6-10-8/h3-4,6-7,9-12,14H,2,5,8,13H2,1H3;2-6H,1H2. The molecule has 0 bridgehead atoms. The molecule has 1 aromatic heterocycles. The zero-order chi connectivity index (χ0) is 20.3. The Morgan fingerprint density at radius 2 is 2.00 bits per heavy atom. The number of hydrogen-bond donors (Lipinski definition) is 0. The molecule has 0 radical (unpaired) electrons. The summed E-state index contributed by atoms with van der Waals surface area (Å²) in [5, 5.41) is 4.95. The summed E-state index contributed by atoms with van der Waals surface area (Å²) >= 11 is 1.77. The van der Waals surface area contributed by atoms with Crippen LogP contribution in [0.15, 0.2) is 76.8 Å². The molecule has 0 saturated carbocycles. The van der Waals surface area contributed by atoms with Crippen molar-refractivity contribution in [3.05, 3.63) is 93.3 Å². The second-order valence-electron chi connectivity index (χ2n) is 8.16. The predicted molar refractivity (Wildman–Crippen MR) is 132 cm³/mol. The van der Waals surface area contributed by atoms with Crippen LogP contribution < -0.4 is 0 Å². The Morgan fingerprint density at radius 3 is 2.93 bits per heavy atom. The normalized spacial score (nSPS) is 18.9. The van der Waals surface area contributed by atoms with Crippen LogP contribution in [0.2, 0.25) is 0 Å². The van der Waals surface area contributed by atoms with Gasteiger partial charge in [0.25, 0.3) is 0 Å². The van der Waals surface area contributed by atoms with Crippen LogP contribution in [-0.2, 0) is 12.8 Å². The van der Waals surface area contributed by atoms with Crippen molar-refractivity contribution >= 4 is 40.0 Å². The zero-order valence-corrected chi connectivity index (χ0v) is 18.3. The van der Waals surface area contributed by atoms with E-state index in [-0.39, 0.29) is 0 Å². The number of nitrogens with zero attached hydrogens (tertiary/aromatic N) is 1. The Hall–Kier alpha value is -2.71. The van der Waals surface area contributed by atoms with Gasteiger partial charge in [-0.2, -0.15) is 0 Å². The second kappa shape index (κ2) is 8.57. The van der Waals surface area contributed by atoms with Crippen LogP contribution in [0.25, 0.3) is 22.4 Å². The first kappa shape index (κ1) is 19.3. The molecule has 0 N–H and O–H groups in total. The lowest BCUT2D eigenvalue weighted by molar-refractivity contribution is 0.560. The first-order valence-electron chi connectivity index (χ1n) is 11.0. The molecule has 1 aliphatic heterocycles. The van der Waals surface area contributed by atoms with Crippen molar-refractivity contribution in [2.24, 2.45) is 10.9 Å². The SMILES string of the molecule is C1=Cc2sccc2CC=N1.CCC1Cc2c(ccc3ccccc23)C2=C1CCC=C2. The minimum Gasteiger partial charge on any atom is -0.269 e. The highest BCUT2D eigenvalue weighted by Gasteiger charge is 2.26. The van der Waals surface area contributed by atoms with Gasteiger partial charge in [-0.3, -0.25) is 4.99 Å². The van der Waals surface area contributed by atoms with E-state index in [1.807, 2.05) is 12.4 Å². The maximum atomic E-state index is 4.06. The molecule has 2 heterocycles. The van der Waals surface area contributed by atoms with Crippen molar-refractivity contribution in [1.29, 1.82) is 0 Å². The van der Waals surface area contributed by atoms with Crippen LogP contribution in [0.4, 0.5) is 0 Å². The minimum absolute atomic E-state index is 0.744. The van der Waals surface area contributed by atoms with Gasteiger partial charge >= 0.3 is 0 Å². The summed E-state index contributed by atoms with van der Waals surface area (Å²) in [6, 6.07) is 15.6. The van der Waals surface area contributed by atoms with E-state index in [2.05, 4.69) is 78.0 Å². The molecule has 0 amide bonds. The van der Waals surface area contributed by atoms with E-state index in [1.54, 1.807) is 22.5 Å². The smallest absolute Gasteiger partial charge is 0.0321 e. The van der Waals surface area contributed by atoms with E-state index in [9.17, 15) is 0 Å². The third-order valence-corrected chi connectivity index (χ3v) is 7.41. The highest BCUT2D eigenvalue weighted by atomic mass is 32.1. The fraction of sp³-hybridized carbons (Fsp3) is 0.250. The Balaban J connectivity index is 0.000000161. The van der Waals surface area contributed by atoms with Crippen molar-refractivity contribution in [2.75, 3.05) is 0 Å². The molecular formula is C28H27NS. The van der Waals surface area contributed by atoms with Crippen LogP contribution in [0.5, 0.6) is 0 Å². The Morgan fingerprint density at radius 1 is 1.07 bits per heavy atom. The number of allylic oxidation sites excluding steroid dienone is 4. The van der Waals surface area contributed by atoms with E-state index in [0.29, 0.717) is 0 Å². The molecule has 0 saturated heterocycles. The molecular weight excluding hydrogens is 382 g/mol. The molecule has 6 rings (SSSR count). The summed E-state index contributed by atoms with van der Waals surface area (Å²) in [7, 11) is 0. The Bertz CT molecular complexity index is 1190. The summed E-state index contributed by atoms with van der Waals surface area (Å²) in [4.78, 5) is 5.40. The van der Waals surface area contributed by atoms with E-state index >= 15 is 0 Å². The number of hydrogen-bond acceptors (Lipinski definition) is 2. The van der Waals surface area contributed by atoms with Crippen molar-refractivity contribution in [3.63, 3.8) is 0 Å². The molecule has 150 valence electrons. The predicted octanol–water partition coefficient (Wildman–Crippen LogP) is 7.87. The van der Waals surface area contributed by atoms with Gasteiger partial charge in [-0.15, -0.1) is 11.3 Å². The number of aliphatic imine (C=N–C) groups is 1. The highest BCUT2D eigenvalue weighted by Crippen LogP contribution is 2.43. The van der Waals surface area contributed by atoms with E-state index in [4.69, 9.17) is 0 Å². The fourth-order valence-corrected chi connectivity index (χ4v) is 5.74. The Kier molecular flexibility index (Phi) is 5.50. The van der Waals surface area contributed by atoms with E-state index in [1.165, 1.54) is 58.0 Å². The molecule has 1 unspecified atom stereocenters. The molecule has 2 aromatic carbocycles. The number of thiophene rings is 1. The van der Waals surface area contributed by atoms with Crippen molar-refractivity contribution in [3.8, 4) is 0 Å². The number of rotatable bonds is 1. The van der Waals surface area contributed by atoms with Gasteiger partial charge in [0, 0.05) is 23.7 Å². The molecule has 2 aliphatic carbocycles. The maximum Gasteiger partial charge on any atom is 0.0321 e. The van der Waals surface area contributed by atoms with Gasteiger partial charge < -0.3 is 0 Å². The summed E-state index contributed by atoms with van der Waals surface area (Å²) in [6.45, 7) is 2.34. The average molecular weight is 410 g/mol. The highest BCUT2D eigenvalue weighted by molar-refractivity contribution is 7.11. The van der Waals surface area contributed by atoms with Crippen LogP contribution in [-0.4, -0.2) is 6.21 Å². The number of benzene rings is 2. The first-order valence-corrected chi connectivity index (χ1v) is 11.9. The lowest BCUT2D eigenvalue weighted by Gasteiger charge is -2.31. The summed E-state index contributed by atoms with van der Waals surface area (Å²) < 4.78 is 0. The number of fused-ring (bicyclic) bond motifs is 5. The summed E-state index contributed by atoms with van der Waals surface area (Å²) in [5.41, 5.74) is 7.68. The summed E-state index contributed by atoms with van der Waals surface area (Å²) in [5.74, 6) is 0.744. The van der Waals surface area contributed by atoms with Crippen molar-refractivity contribution in [1.82, 2.24) is 0 Å². The molecule has 0 spiro atoms. The van der Waals surface area contributed by atoms with Gasteiger partial charge in [-0.1, -0.05) is 61.0 Å². The van der Waals surface area contributed by atoms with E-state index in [0.717, 1.165) is 12.3 Å². The molecule has 3 aromatic rings. The maximum absolute atomic E-state index is 4.06. The van der Waals surface area contributed by atoms with E-state index < -0.39 is 0 Å². The quantitative estimate of drug-likeness (QED) is 0.388. The van der Waals surface area contributed by atoms with Crippen LogP contribution in [0.3, 0.4) is 0 Å². The third kappa shape index (κ3) is 3.61. The van der Waals surface area contributed by atoms with Gasteiger partial charge in [0.15, 0.2) is 0 Å². The molecule has 3 aliphatic rings. The largest absolute Gasteiger partial charge is 0.269 e. The first-order chi connectivity index (χ1) is 14.8. The monoisotopic (exact) mass is 409 g/mol. The van der Waals surface area contributed by atoms with Crippen LogP contribution in [0.1, 0.15) is 47.8 Å². The second-order valence-corrected chi connectivity index (χ2v) is 9.11. The minimum atomic E-state index is 0.744. The van der Waals surface area contributed by atoms with Crippen LogP contribution in [0, 0.1) is 5.92 Å². The zero-order valence-electron chi connectivity index (χ0n) is 17.5. The van der Waals surface area contributed by atoms with Crippen molar-refractivity contribution in [2.45, 2.75) is 39.0 Å². The van der Waals surface area contributed by atoms with Gasteiger partial charge in [0.05, 0.1) is 0 Å². The van der Waals surface area contributed by atoms with Gasteiger partial charge in [-0.05, 0) is 82.2 Å². The average Bonchev–Trinajstić information content (AvgIpc) is 3.14. The van der Waals surface area contributed by atoms with Gasteiger partial charge in [0.1, 0.15) is 0 Å². The lowest BCUT2D eigenvalue weighted by atomic mass is 9.73. The van der Waals surface area contributed by atoms with Crippen LogP contribution >= 0.6 is 11.3 Å². The van der Waals surface area contributed by atoms with Crippen molar-refractivity contribution < 1.29 is 0 Å². The molecule has 2 heteroatoms. The molecule has 0 fully saturated rings. The molecule has 1 nitrogen and oxygen atoms in total. The fourth-order valence-electron chi connectivity index (χ4n) is 4.92. The molecule has 1 atom stereocenters. The van der Waals surface area contributed by atoms with Gasteiger partial charge in [0.2, 0.25) is 0 Å². The lowest BCUT2D eigenvalue weighted by Crippen LogP contribution is -2.17.